The van der Waals surface area contributed by atoms with Crippen molar-refractivity contribution in [3.8, 4) is 0 Å². The first-order chi connectivity index (χ1) is 5.30. The van der Waals surface area contributed by atoms with Gasteiger partial charge in [-0.2, -0.15) is 0 Å². The summed E-state index contributed by atoms with van der Waals surface area (Å²) < 4.78 is 0. The molecule has 2 heteroatoms. The van der Waals surface area contributed by atoms with E-state index in [1.807, 2.05) is 0 Å². The molecule has 0 spiro atoms. The summed E-state index contributed by atoms with van der Waals surface area (Å²) in [6, 6.07) is 0. The van der Waals surface area contributed by atoms with E-state index in [0.29, 0.717) is 0 Å². The Bertz CT molecular complexity index is 161. The molecule has 1 atom stereocenters. The van der Waals surface area contributed by atoms with E-state index in [1.54, 1.807) is 0 Å². The van der Waals surface area contributed by atoms with E-state index in [2.05, 4.69) is 12.2 Å². The Morgan fingerprint density at radius 2 is 2.00 bits per heavy atom. The van der Waals surface area contributed by atoms with Gasteiger partial charge in [-0.05, 0) is 38.0 Å². The molecule has 62 valence electrons. The van der Waals surface area contributed by atoms with Gasteiger partial charge in [0.2, 0.25) is 0 Å². The molecule has 0 heterocycles. The van der Waals surface area contributed by atoms with Crippen molar-refractivity contribution in [1.29, 1.82) is 0 Å². The van der Waals surface area contributed by atoms with E-state index < -0.39 is 5.97 Å². The maximum Gasteiger partial charge on any atom is 0.0445 e. The molecule has 1 aliphatic rings. The van der Waals surface area contributed by atoms with Gasteiger partial charge in [0.05, 0.1) is 0 Å². The Hall–Kier alpha value is -0.790. The van der Waals surface area contributed by atoms with E-state index in [0.717, 1.165) is 32.1 Å². The molecule has 0 N–H and O–H groups in total. The summed E-state index contributed by atoms with van der Waals surface area (Å²) in [7, 11) is 0. The van der Waals surface area contributed by atoms with Crippen molar-refractivity contribution < 1.29 is 9.90 Å². The van der Waals surface area contributed by atoms with Gasteiger partial charge < -0.3 is 9.90 Å². The number of aliphatic carboxylic acids is 1. The lowest BCUT2D eigenvalue weighted by atomic mass is 9.94. The monoisotopic (exact) mass is 153 g/mol. The fourth-order valence-corrected chi connectivity index (χ4v) is 1.40. The standard InChI is InChI=1S/C9H14O2/c10-9(11)8-6-4-2-1-3-5-7-8/h1-2,8H,3-7H2,(H,10,11)/p-1/b2-1-/t8-/m0/s1. The molecule has 1 aliphatic carbocycles. The molecular weight excluding hydrogens is 140 g/mol. The third-order valence-electron chi connectivity index (χ3n) is 2.11. The highest BCUT2D eigenvalue weighted by Crippen LogP contribution is 2.17. The predicted octanol–water partition coefficient (Wildman–Crippen LogP) is 0.873. The average Bonchev–Trinajstić information content (AvgIpc) is 1.84. The Morgan fingerprint density at radius 3 is 2.73 bits per heavy atom. The Balaban J connectivity index is 2.42. The number of hydrogen-bond donors (Lipinski definition) is 0. The van der Waals surface area contributed by atoms with E-state index >= 15 is 0 Å². The second kappa shape index (κ2) is 4.16. The van der Waals surface area contributed by atoms with Crippen LogP contribution < -0.4 is 5.11 Å². The second-order valence-corrected chi connectivity index (χ2v) is 3.00. The summed E-state index contributed by atoms with van der Waals surface area (Å²) in [4.78, 5) is 10.5. The van der Waals surface area contributed by atoms with Gasteiger partial charge in [-0.1, -0.05) is 12.2 Å². The van der Waals surface area contributed by atoms with Crippen LogP contribution in [0.4, 0.5) is 0 Å². The molecule has 11 heavy (non-hydrogen) atoms. The first-order valence-corrected chi connectivity index (χ1v) is 4.16. The number of carboxylic acids is 1. The molecule has 2 nitrogen and oxygen atoms in total. The van der Waals surface area contributed by atoms with Crippen LogP contribution in [-0.2, 0) is 4.79 Å². The van der Waals surface area contributed by atoms with Gasteiger partial charge >= 0.3 is 0 Å². The van der Waals surface area contributed by atoms with Crippen molar-refractivity contribution in [3.05, 3.63) is 12.2 Å². The highest BCUT2D eigenvalue weighted by molar-refractivity contribution is 5.67. The minimum Gasteiger partial charge on any atom is -0.550 e. The summed E-state index contributed by atoms with van der Waals surface area (Å²) >= 11 is 0. The number of rotatable bonds is 1. The van der Waals surface area contributed by atoms with Crippen LogP contribution in [0.1, 0.15) is 32.1 Å². The quantitative estimate of drug-likeness (QED) is 0.524. The van der Waals surface area contributed by atoms with Crippen LogP contribution in [0.3, 0.4) is 0 Å². The van der Waals surface area contributed by atoms with E-state index in [9.17, 15) is 9.90 Å². The average molecular weight is 153 g/mol. The summed E-state index contributed by atoms with van der Waals surface area (Å²) in [5.41, 5.74) is 0. The fourth-order valence-electron chi connectivity index (χ4n) is 1.40. The van der Waals surface area contributed by atoms with Gasteiger partial charge in [0.1, 0.15) is 0 Å². The van der Waals surface area contributed by atoms with Crippen LogP contribution in [0, 0.1) is 5.92 Å². The minimum atomic E-state index is -0.875. The summed E-state index contributed by atoms with van der Waals surface area (Å²) in [5.74, 6) is -1.08. The zero-order valence-electron chi connectivity index (χ0n) is 6.58. The second-order valence-electron chi connectivity index (χ2n) is 3.00. The van der Waals surface area contributed by atoms with Crippen LogP contribution in [-0.4, -0.2) is 5.97 Å². The van der Waals surface area contributed by atoms with Crippen molar-refractivity contribution in [3.63, 3.8) is 0 Å². The maximum absolute atomic E-state index is 10.5. The largest absolute Gasteiger partial charge is 0.550 e. The number of allylic oxidation sites excluding steroid dienone is 2. The first-order valence-electron chi connectivity index (χ1n) is 4.16. The van der Waals surface area contributed by atoms with Crippen LogP contribution in [0.15, 0.2) is 12.2 Å². The lowest BCUT2D eigenvalue weighted by Gasteiger charge is -2.17. The van der Waals surface area contributed by atoms with Gasteiger partial charge in [0.15, 0.2) is 0 Å². The van der Waals surface area contributed by atoms with Crippen molar-refractivity contribution in [2.24, 2.45) is 5.92 Å². The van der Waals surface area contributed by atoms with Crippen LogP contribution in [0.25, 0.3) is 0 Å². The van der Waals surface area contributed by atoms with Gasteiger partial charge in [-0.3, -0.25) is 0 Å². The molecule has 0 bridgehead atoms. The first kappa shape index (κ1) is 8.31. The Labute approximate surface area is 66.9 Å². The number of carboxylic acid groups (broad SMARTS) is 1. The van der Waals surface area contributed by atoms with E-state index in [-0.39, 0.29) is 5.92 Å². The van der Waals surface area contributed by atoms with Crippen LogP contribution >= 0.6 is 0 Å². The number of carbonyl (C=O) groups is 1. The van der Waals surface area contributed by atoms with Crippen molar-refractivity contribution in [2.75, 3.05) is 0 Å². The van der Waals surface area contributed by atoms with Gasteiger partial charge in [0.25, 0.3) is 0 Å². The van der Waals surface area contributed by atoms with E-state index in [4.69, 9.17) is 0 Å². The molecule has 0 unspecified atom stereocenters. The van der Waals surface area contributed by atoms with E-state index in [1.165, 1.54) is 0 Å². The minimum absolute atomic E-state index is 0.208. The molecule has 0 aromatic heterocycles. The zero-order valence-corrected chi connectivity index (χ0v) is 6.58. The molecule has 0 fully saturated rings. The topological polar surface area (TPSA) is 40.1 Å². The lowest BCUT2D eigenvalue weighted by Crippen LogP contribution is -2.31. The third-order valence-corrected chi connectivity index (χ3v) is 2.11. The molecule has 0 saturated heterocycles. The summed E-state index contributed by atoms with van der Waals surface area (Å²) in [6.45, 7) is 0. The highest BCUT2D eigenvalue weighted by Gasteiger charge is 2.09. The SMILES string of the molecule is O=C([O-])[C@H]1CC/C=C\CCC1. The van der Waals surface area contributed by atoms with Gasteiger partial charge in [0, 0.05) is 5.97 Å². The Kier molecular flexibility index (Phi) is 3.14. The normalized spacial score (nSPS) is 28.5. The van der Waals surface area contributed by atoms with Crippen molar-refractivity contribution >= 4 is 5.97 Å². The molecule has 0 aromatic rings. The zero-order chi connectivity index (χ0) is 8.10. The molecule has 0 radical (unpaired) electrons. The molecule has 0 saturated carbocycles. The van der Waals surface area contributed by atoms with Crippen LogP contribution in [0.2, 0.25) is 0 Å². The maximum atomic E-state index is 10.5. The molecule has 0 amide bonds. The predicted molar refractivity (Wildman–Crippen MR) is 40.7 cm³/mol. The lowest BCUT2D eigenvalue weighted by molar-refractivity contribution is -0.312. The van der Waals surface area contributed by atoms with Gasteiger partial charge in [-0.25, -0.2) is 0 Å². The summed E-state index contributed by atoms with van der Waals surface area (Å²) in [5, 5.41) is 10.5. The fraction of sp³-hybridized carbons (Fsp3) is 0.667. The highest BCUT2D eigenvalue weighted by atomic mass is 16.4. The smallest absolute Gasteiger partial charge is 0.0445 e. The Morgan fingerprint density at radius 1 is 1.27 bits per heavy atom. The third kappa shape index (κ3) is 2.74. The van der Waals surface area contributed by atoms with Gasteiger partial charge in [-0.15, -0.1) is 0 Å². The number of hydrogen-bond acceptors (Lipinski definition) is 2. The number of carbonyl (C=O) groups excluding carboxylic acids is 1. The summed E-state index contributed by atoms with van der Waals surface area (Å²) in [6.07, 6.45) is 8.61. The molecule has 0 aliphatic heterocycles. The molecule has 0 aromatic carbocycles. The molecule has 1 rings (SSSR count). The van der Waals surface area contributed by atoms with Crippen LogP contribution in [0.5, 0.6) is 0 Å². The van der Waals surface area contributed by atoms with Crippen molar-refractivity contribution in [1.82, 2.24) is 0 Å². The molecular formula is C9H13O2-. The van der Waals surface area contributed by atoms with Crippen molar-refractivity contribution in [2.45, 2.75) is 32.1 Å².